The van der Waals surface area contributed by atoms with E-state index in [1.54, 1.807) is 7.11 Å². The zero-order chi connectivity index (χ0) is 14.7. The molecule has 1 heterocycles. The van der Waals surface area contributed by atoms with Gasteiger partial charge in [-0.25, -0.2) is 0 Å². The fourth-order valence-electron chi connectivity index (χ4n) is 3.08. The van der Waals surface area contributed by atoms with Crippen molar-refractivity contribution in [3.63, 3.8) is 0 Å². The van der Waals surface area contributed by atoms with Gasteiger partial charge in [-0.15, -0.1) is 0 Å². The van der Waals surface area contributed by atoms with Crippen LogP contribution in [0.4, 0.5) is 0 Å². The van der Waals surface area contributed by atoms with Gasteiger partial charge in [0.05, 0.1) is 13.2 Å². The molecule has 0 bridgehead atoms. The Morgan fingerprint density at radius 1 is 1.24 bits per heavy atom. The summed E-state index contributed by atoms with van der Waals surface area (Å²) in [5.74, 6) is 0.996. The fraction of sp³-hybridized carbons (Fsp3) is 0.421. The minimum absolute atomic E-state index is 0.391. The first-order chi connectivity index (χ1) is 10.3. The third kappa shape index (κ3) is 3.26. The van der Waals surface area contributed by atoms with Gasteiger partial charge in [0.2, 0.25) is 0 Å². The van der Waals surface area contributed by atoms with Crippen molar-refractivity contribution < 1.29 is 4.74 Å². The lowest BCUT2D eigenvalue weighted by molar-refractivity contribution is 0.409. The summed E-state index contributed by atoms with van der Waals surface area (Å²) in [6.07, 6.45) is 14.4. The van der Waals surface area contributed by atoms with Gasteiger partial charge in [-0.05, 0) is 61.8 Å². The van der Waals surface area contributed by atoms with Crippen molar-refractivity contribution in [2.24, 2.45) is 4.99 Å². The van der Waals surface area contributed by atoms with Gasteiger partial charge in [0.25, 0.3) is 0 Å². The van der Waals surface area contributed by atoms with Crippen molar-refractivity contribution in [1.29, 1.82) is 0 Å². The summed E-state index contributed by atoms with van der Waals surface area (Å²) in [5.41, 5.74) is 5.39. The fourth-order valence-corrected chi connectivity index (χ4v) is 3.08. The summed E-state index contributed by atoms with van der Waals surface area (Å²) in [7, 11) is 1.76. The maximum Gasteiger partial charge on any atom is 0.122 e. The number of allylic oxidation sites excluding steroid dienone is 4. The molecule has 0 amide bonds. The second-order valence-corrected chi connectivity index (χ2v) is 5.95. The SMILES string of the molecule is COc1cc2c(cc1CCC1=CCCC=C1)CC(C)N=C2. The van der Waals surface area contributed by atoms with Crippen LogP contribution < -0.4 is 4.74 Å². The van der Waals surface area contributed by atoms with E-state index in [4.69, 9.17) is 4.74 Å². The van der Waals surface area contributed by atoms with Crippen LogP contribution in [0.5, 0.6) is 5.75 Å². The Morgan fingerprint density at radius 2 is 2.14 bits per heavy atom. The van der Waals surface area contributed by atoms with E-state index in [2.05, 4.69) is 42.3 Å². The van der Waals surface area contributed by atoms with Crippen LogP contribution in [0.1, 0.15) is 42.9 Å². The van der Waals surface area contributed by atoms with Gasteiger partial charge in [0, 0.05) is 6.21 Å². The van der Waals surface area contributed by atoms with Crippen LogP contribution >= 0.6 is 0 Å². The number of methoxy groups -OCH3 is 1. The van der Waals surface area contributed by atoms with E-state index < -0.39 is 0 Å². The summed E-state index contributed by atoms with van der Waals surface area (Å²) in [6, 6.07) is 4.86. The highest BCUT2D eigenvalue weighted by atomic mass is 16.5. The molecule has 2 aliphatic rings. The molecular weight excluding hydrogens is 258 g/mol. The van der Waals surface area contributed by atoms with Crippen molar-refractivity contribution >= 4 is 6.21 Å². The number of rotatable bonds is 4. The first-order valence-electron chi connectivity index (χ1n) is 7.85. The Balaban J connectivity index is 1.80. The standard InChI is InChI=1S/C19H23NO/c1-14-10-17-11-16(9-8-15-6-4-3-5-7-15)19(21-2)12-18(17)13-20-14/h4,6-7,11-14H,3,5,8-10H2,1-2H3. The lowest BCUT2D eigenvalue weighted by atomic mass is 9.93. The van der Waals surface area contributed by atoms with E-state index >= 15 is 0 Å². The average Bonchev–Trinajstić information content (AvgIpc) is 2.53. The van der Waals surface area contributed by atoms with Crippen LogP contribution in [0.15, 0.2) is 40.9 Å². The van der Waals surface area contributed by atoms with E-state index in [0.717, 1.165) is 25.0 Å². The average molecular weight is 281 g/mol. The molecule has 1 atom stereocenters. The summed E-state index contributed by atoms with van der Waals surface area (Å²) >= 11 is 0. The van der Waals surface area contributed by atoms with E-state index in [1.165, 1.54) is 35.1 Å². The van der Waals surface area contributed by atoms with Crippen molar-refractivity contribution in [3.05, 3.63) is 52.6 Å². The summed E-state index contributed by atoms with van der Waals surface area (Å²) < 4.78 is 5.58. The van der Waals surface area contributed by atoms with Crippen LogP contribution in [0, 0.1) is 0 Å². The Kier molecular flexibility index (Phi) is 4.23. The molecule has 110 valence electrons. The highest BCUT2D eigenvalue weighted by Gasteiger charge is 2.15. The van der Waals surface area contributed by atoms with Crippen LogP contribution in [0.2, 0.25) is 0 Å². The number of aliphatic imine (C=N–C) groups is 1. The molecule has 1 aliphatic carbocycles. The molecule has 3 rings (SSSR count). The van der Waals surface area contributed by atoms with E-state index in [-0.39, 0.29) is 0 Å². The zero-order valence-corrected chi connectivity index (χ0v) is 12.9. The van der Waals surface area contributed by atoms with E-state index in [1.807, 2.05) is 6.21 Å². The maximum absolute atomic E-state index is 5.58. The predicted molar refractivity (Wildman–Crippen MR) is 88.5 cm³/mol. The number of ether oxygens (including phenoxy) is 1. The molecular formula is C19H23NO. The lowest BCUT2D eigenvalue weighted by Gasteiger charge is -2.19. The van der Waals surface area contributed by atoms with Crippen LogP contribution in [-0.4, -0.2) is 19.4 Å². The minimum atomic E-state index is 0.391. The molecule has 2 nitrogen and oxygen atoms in total. The Labute approximate surface area is 127 Å². The number of fused-ring (bicyclic) bond motifs is 1. The molecule has 21 heavy (non-hydrogen) atoms. The number of benzene rings is 1. The normalized spacial score (nSPS) is 20.1. The van der Waals surface area contributed by atoms with E-state index in [9.17, 15) is 0 Å². The lowest BCUT2D eigenvalue weighted by Crippen LogP contribution is -2.12. The van der Waals surface area contributed by atoms with Crippen molar-refractivity contribution in [1.82, 2.24) is 0 Å². The highest BCUT2D eigenvalue weighted by Crippen LogP contribution is 2.28. The molecule has 1 aliphatic heterocycles. The third-order valence-electron chi connectivity index (χ3n) is 4.28. The molecule has 1 aromatic rings. The van der Waals surface area contributed by atoms with Crippen LogP contribution in [0.25, 0.3) is 0 Å². The minimum Gasteiger partial charge on any atom is -0.496 e. The number of hydrogen-bond donors (Lipinski definition) is 0. The second-order valence-electron chi connectivity index (χ2n) is 5.95. The Hall–Kier alpha value is -1.83. The molecule has 0 saturated heterocycles. The quantitative estimate of drug-likeness (QED) is 0.807. The Morgan fingerprint density at radius 3 is 2.90 bits per heavy atom. The number of nitrogens with zero attached hydrogens (tertiary/aromatic N) is 1. The van der Waals surface area contributed by atoms with Gasteiger partial charge in [-0.1, -0.05) is 29.9 Å². The number of aryl methyl sites for hydroxylation is 1. The maximum atomic E-state index is 5.58. The molecule has 0 radical (unpaired) electrons. The van der Waals surface area contributed by atoms with Gasteiger partial charge in [-0.2, -0.15) is 0 Å². The first kappa shape index (κ1) is 14.1. The highest BCUT2D eigenvalue weighted by molar-refractivity contribution is 5.84. The Bertz CT molecular complexity index is 610. The summed E-state index contributed by atoms with van der Waals surface area (Å²) in [6.45, 7) is 2.17. The number of hydrogen-bond acceptors (Lipinski definition) is 2. The third-order valence-corrected chi connectivity index (χ3v) is 4.28. The van der Waals surface area contributed by atoms with Crippen LogP contribution in [0.3, 0.4) is 0 Å². The monoisotopic (exact) mass is 281 g/mol. The molecule has 0 spiro atoms. The smallest absolute Gasteiger partial charge is 0.122 e. The molecule has 2 heteroatoms. The molecule has 1 aromatic carbocycles. The topological polar surface area (TPSA) is 21.6 Å². The second kappa shape index (κ2) is 6.30. The van der Waals surface area contributed by atoms with Gasteiger partial charge in [0.1, 0.15) is 5.75 Å². The van der Waals surface area contributed by atoms with Crippen molar-refractivity contribution in [3.8, 4) is 5.75 Å². The van der Waals surface area contributed by atoms with Crippen molar-refractivity contribution in [2.45, 2.75) is 45.1 Å². The molecule has 0 fully saturated rings. The van der Waals surface area contributed by atoms with Crippen molar-refractivity contribution in [2.75, 3.05) is 7.11 Å². The molecule has 1 unspecified atom stereocenters. The largest absolute Gasteiger partial charge is 0.496 e. The van der Waals surface area contributed by atoms with Gasteiger partial charge in [-0.3, -0.25) is 4.99 Å². The summed E-state index contributed by atoms with van der Waals surface area (Å²) in [5, 5.41) is 0. The zero-order valence-electron chi connectivity index (χ0n) is 12.9. The van der Waals surface area contributed by atoms with Gasteiger partial charge >= 0.3 is 0 Å². The molecule has 0 N–H and O–H groups in total. The van der Waals surface area contributed by atoms with Crippen LogP contribution in [-0.2, 0) is 12.8 Å². The van der Waals surface area contributed by atoms with Gasteiger partial charge in [0.15, 0.2) is 0 Å². The predicted octanol–water partition coefficient (Wildman–Crippen LogP) is 4.27. The molecule has 0 aromatic heterocycles. The first-order valence-corrected chi connectivity index (χ1v) is 7.85. The summed E-state index contributed by atoms with van der Waals surface area (Å²) in [4.78, 5) is 4.50. The van der Waals surface area contributed by atoms with Gasteiger partial charge < -0.3 is 4.74 Å². The van der Waals surface area contributed by atoms with E-state index in [0.29, 0.717) is 6.04 Å². The molecule has 0 saturated carbocycles.